The first-order chi connectivity index (χ1) is 14.8. The van der Waals surface area contributed by atoms with Crippen LogP contribution in [0, 0.1) is 0 Å². The molecule has 1 aliphatic heterocycles. The van der Waals surface area contributed by atoms with Crippen LogP contribution in [-0.2, 0) is 0 Å². The Morgan fingerprint density at radius 1 is 1.13 bits per heavy atom. The van der Waals surface area contributed by atoms with Gasteiger partial charge in [-0.15, -0.1) is 9.24 Å². The molecule has 6 nitrogen and oxygen atoms in total. The van der Waals surface area contributed by atoms with E-state index >= 15 is 0 Å². The molecule has 0 bridgehead atoms. The van der Waals surface area contributed by atoms with Gasteiger partial charge in [-0.1, -0.05) is 51.1 Å². The molecule has 1 aliphatic rings. The highest BCUT2D eigenvalue weighted by Crippen LogP contribution is 2.38. The van der Waals surface area contributed by atoms with Gasteiger partial charge in [-0.3, -0.25) is 9.78 Å². The number of carbonyl (C=O) groups is 1. The smallest absolute Gasteiger partial charge is 0.257 e. The maximum atomic E-state index is 13.1. The number of hydrogen-bond acceptors (Lipinski definition) is 5. The largest absolute Gasteiger partial charge is 0.354 e. The summed E-state index contributed by atoms with van der Waals surface area (Å²) in [5.74, 6) is 0.844. The van der Waals surface area contributed by atoms with E-state index < -0.39 is 0 Å². The summed E-state index contributed by atoms with van der Waals surface area (Å²) in [6, 6.07) is 13.6. The molecule has 0 aliphatic carbocycles. The van der Waals surface area contributed by atoms with Crippen molar-refractivity contribution in [2.45, 2.75) is 38.3 Å². The lowest BCUT2D eigenvalue weighted by molar-refractivity contribution is 0.102. The Balaban J connectivity index is 1.72. The standard InChI is InChI=1S/C24H28N5OP/c1-16(2)19-10-9-18(13-25-19)23(30)28-21-20(17-7-5-4-6-8-17)26-15-27-22(21)29-12-11-24(3,31)14-29/h4-10,13,15-16H,11-12,14,31H2,1-3H3,(H,28,30). The predicted molar refractivity (Wildman–Crippen MR) is 129 cm³/mol. The predicted octanol–water partition coefficient (Wildman–Crippen LogP) is 4.76. The summed E-state index contributed by atoms with van der Waals surface area (Å²) in [6.45, 7) is 8.10. The quantitative estimate of drug-likeness (QED) is 0.588. The third-order valence-electron chi connectivity index (χ3n) is 5.56. The fourth-order valence-corrected chi connectivity index (χ4v) is 4.13. The van der Waals surface area contributed by atoms with E-state index in [-0.39, 0.29) is 11.1 Å². The molecule has 1 fully saturated rings. The Kier molecular flexibility index (Phi) is 6.01. The van der Waals surface area contributed by atoms with Gasteiger partial charge < -0.3 is 10.2 Å². The fraction of sp³-hybridized carbons (Fsp3) is 0.333. The summed E-state index contributed by atoms with van der Waals surface area (Å²) in [7, 11) is 2.94. The first-order valence-corrected chi connectivity index (χ1v) is 11.1. The molecule has 1 N–H and O–H groups in total. The third kappa shape index (κ3) is 4.75. The summed E-state index contributed by atoms with van der Waals surface area (Å²) in [6.07, 6.45) is 4.24. The van der Waals surface area contributed by atoms with Gasteiger partial charge in [-0.25, -0.2) is 9.97 Å². The first kappa shape index (κ1) is 21.4. The number of rotatable bonds is 5. The van der Waals surface area contributed by atoms with E-state index in [9.17, 15) is 4.79 Å². The normalized spacial score (nSPS) is 18.4. The van der Waals surface area contributed by atoms with Crippen molar-refractivity contribution < 1.29 is 4.79 Å². The summed E-state index contributed by atoms with van der Waals surface area (Å²) >= 11 is 0. The number of anilines is 2. The molecule has 160 valence electrons. The Bertz CT molecular complexity index is 1070. The Labute approximate surface area is 185 Å². The lowest BCUT2D eigenvalue weighted by atomic mass is 10.1. The van der Waals surface area contributed by atoms with Gasteiger partial charge in [-0.05, 0) is 24.5 Å². The topological polar surface area (TPSA) is 71.0 Å². The van der Waals surface area contributed by atoms with E-state index in [0.29, 0.717) is 22.9 Å². The maximum absolute atomic E-state index is 13.1. The van der Waals surface area contributed by atoms with Crippen molar-refractivity contribution in [3.8, 4) is 11.3 Å². The van der Waals surface area contributed by atoms with E-state index in [1.807, 2.05) is 42.5 Å². The SMILES string of the molecule is CC(C)c1ccc(C(=O)Nc2c(-c3ccccc3)ncnc2N2CCC(C)(P)C2)cn1. The molecule has 2 aromatic heterocycles. The summed E-state index contributed by atoms with van der Waals surface area (Å²) in [5, 5.41) is 3.22. The zero-order valence-corrected chi connectivity index (χ0v) is 19.3. The van der Waals surface area contributed by atoms with Crippen molar-refractivity contribution in [1.29, 1.82) is 0 Å². The molecular weight excluding hydrogens is 405 g/mol. The molecule has 1 saturated heterocycles. The average molecular weight is 433 g/mol. The first-order valence-electron chi connectivity index (χ1n) is 10.6. The molecule has 2 atom stereocenters. The van der Waals surface area contributed by atoms with Crippen LogP contribution in [0.25, 0.3) is 11.3 Å². The van der Waals surface area contributed by atoms with Crippen LogP contribution in [0.4, 0.5) is 11.5 Å². The van der Waals surface area contributed by atoms with Crippen LogP contribution in [0.3, 0.4) is 0 Å². The van der Waals surface area contributed by atoms with Crippen molar-refractivity contribution in [2.75, 3.05) is 23.3 Å². The zero-order chi connectivity index (χ0) is 22.0. The van der Waals surface area contributed by atoms with E-state index in [0.717, 1.165) is 36.6 Å². The average Bonchev–Trinajstić information content (AvgIpc) is 3.14. The van der Waals surface area contributed by atoms with Crippen LogP contribution < -0.4 is 10.2 Å². The van der Waals surface area contributed by atoms with Gasteiger partial charge in [-0.2, -0.15) is 0 Å². The summed E-state index contributed by atoms with van der Waals surface area (Å²) in [5.41, 5.74) is 3.75. The van der Waals surface area contributed by atoms with Crippen molar-refractivity contribution in [3.05, 3.63) is 66.2 Å². The minimum atomic E-state index is -0.219. The maximum Gasteiger partial charge on any atom is 0.257 e. The molecule has 7 heteroatoms. The highest BCUT2D eigenvalue weighted by atomic mass is 31.0. The summed E-state index contributed by atoms with van der Waals surface area (Å²) < 4.78 is 0. The number of nitrogens with zero attached hydrogens (tertiary/aromatic N) is 4. The fourth-order valence-electron chi connectivity index (χ4n) is 3.78. The van der Waals surface area contributed by atoms with Crippen LogP contribution in [0.2, 0.25) is 0 Å². The van der Waals surface area contributed by atoms with Crippen LogP contribution in [0.5, 0.6) is 0 Å². The van der Waals surface area contributed by atoms with Gasteiger partial charge >= 0.3 is 0 Å². The third-order valence-corrected chi connectivity index (χ3v) is 6.03. The molecule has 0 spiro atoms. The highest BCUT2D eigenvalue weighted by Gasteiger charge is 2.32. The molecule has 1 amide bonds. The highest BCUT2D eigenvalue weighted by molar-refractivity contribution is 7.19. The van der Waals surface area contributed by atoms with Crippen molar-refractivity contribution in [1.82, 2.24) is 15.0 Å². The van der Waals surface area contributed by atoms with E-state index in [1.165, 1.54) is 0 Å². The number of pyridine rings is 1. The molecule has 3 heterocycles. The number of aromatic nitrogens is 3. The molecule has 31 heavy (non-hydrogen) atoms. The van der Waals surface area contributed by atoms with Crippen molar-refractivity contribution >= 4 is 26.7 Å². The molecule has 0 radical (unpaired) electrons. The molecule has 2 unspecified atom stereocenters. The second-order valence-electron chi connectivity index (χ2n) is 8.69. The number of nitrogens with one attached hydrogen (secondary N) is 1. The second kappa shape index (κ2) is 8.72. The van der Waals surface area contributed by atoms with Gasteiger partial charge in [0, 0.05) is 35.7 Å². The van der Waals surface area contributed by atoms with Gasteiger partial charge in [0.15, 0.2) is 5.82 Å². The molecule has 0 saturated carbocycles. The molecule has 4 rings (SSSR count). The molecule has 3 aromatic rings. The van der Waals surface area contributed by atoms with Crippen molar-refractivity contribution in [3.63, 3.8) is 0 Å². The van der Waals surface area contributed by atoms with E-state index in [2.05, 4.69) is 55.2 Å². The lowest BCUT2D eigenvalue weighted by Crippen LogP contribution is -2.27. The minimum absolute atomic E-state index is 0.121. The Morgan fingerprint density at radius 2 is 1.90 bits per heavy atom. The van der Waals surface area contributed by atoms with Crippen LogP contribution in [0.15, 0.2) is 55.0 Å². The van der Waals surface area contributed by atoms with Gasteiger partial charge in [0.2, 0.25) is 0 Å². The number of amides is 1. The Morgan fingerprint density at radius 3 is 2.52 bits per heavy atom. The van der Waals surface area contributed by atoms with Crippen molar-refractivity contribution in [2.24, 2.45) is 0 Å². The molecule has 1 aromatic carbocycles. The summed E-state index contributed by atoms with van der Waals surface area (Å²) in [4.78, 5) is 28.9. The van der Waals surface area contributed by atoms with Gasteiger partial charge in [0.1, 0.15) is 12.0 Å². The van der Waals surface area contributed by atoms with Crippen LogP contribution >= 0.6 is 9.24 Å². The second-order valence-corrected chi connectivity index (χ2v) is 10.1. The minimum Gasteiger partial charge on any atom is -0.354 e. The molecular formula is C24H28N5OP. The van der Waals surface area contributed by atoms with Gasteiger partial charge in [0.25, 0.3) is 5.91 Å². The lowest BCUT2D eigenvalue weighted by Gasteiger charge is -2.24. The Hall–Kier alpha value is -2.85. The van der Waals surface area contributed by atoms with E-state index in [1.54, 1.807) is 12.5 Å². The number of benzene rings is 1. The number of carbonyl (C=O) groups excluding carboxylic acids is 1. The van der Waals surface area contributed by atoms with Gasteiger partial charge in [0.05, 0.1) is 11.3 Å². The van der Waals surface area contributed by atoms with Crippen LogP contribution in [-0.4, -0.2) is 39.1 Å². The monoisotopic (exact) mass is 433 g/mol. The van der Waals surface area contributed by atoms with E-state index in [4.69, 9.17) is 0 Å². The number of hydrogen-bond donors (Lipinski definition) is 1. The van der Waals surface area contributed by atoms with Crippen LogP contribution in [0.1, 0.15) is 49.2 Å². The zero-order valence-electron chi connectivity index (χ0n) is 18.2.